The quantitative estimate of drug-likeness (QED) is 0.375. The summed E-state index contributed by atoms with van der Waals surface area (Å²) in [6.45, 7) is 5.48. The van der Waals surface area contributed by atoms with E-state index in [-0.39, 0.29) is 41.9 Å². The predicted octanol–water partition coefficient (Wildman–Crippen LogP) is 3.78. The van der Waals surface area contributed by atoms with Crippen molar-refractivity contribution in [3.63, 3.8) is 0 Å². The van der Waals surface area contributed by atoms with Crippen LogP contribution in [-0.2, 0) is 27.8 Å². The number of rotatable bonds is 10. The third kappa shape index (κ3) is 7.78. The zero-order chi connectivity index (χ0) is 29.6. The number of sulfonamides is 1. The number of benzene rings is 3. The Morgan fingerprint density at radius 3 is 2.49 bits per heavy atom. The lowest BCUT2D eigenvalue weighted by atomic mass is 10.0. The van der Waals surface area contributed by atoms with Crippen LogP contribution in [0.4, 0.5) is 5.69 Å². The lowest BCUT2D eigenvalue weighted by Crippen LogP contribution is -2.47. The highest BCUT2D eigenvalue weighted by Crippen LogP contribution is 2.30. The zero-order valence-corrected chi connectivity index (χ0v) is 24.8. The standard InChI is InChI=1S/C31H39N3O6S/c1-22-18-34(23(2)21-35)31(36)17-25-16-26(32-41(37,38)28-13-11-27(39-4)12-14-28)10-15-29(25)40-30(22)20-33(3)19-24-8-6-5-7-9-24/h5-16,22-23,30,32,35H,17-21H2,1-4H3/t22-,23-,30-/m1/s1. The number of aliphatic hydroxyl groups is 1. The lowest BCUT2D eigenvalue weighted by Gasteiger charge is -2.34. The number of carbonyl (C=O) groups is 1. The summed E-state index contributed by atoms with van der Waals surface area (Å²) in [5.41, 5.74) is 2.08. The van der Waals surface area contributed by atoms with E-state index in [1.54, 1.807) is 35.2 Å². The summed E-state index contributed by atoms with van der Waals surface area (Å²) in [7, 11) is -0.328. The maximum Gasteiger partial charge on any atom is 0.261 e. The Morgan fingerprint density at radius 2 is 1.83 bits per heavy atom. The fraction of sp³-hybridized carbons (Fsp3) is 0.387. The van der Waals surface area contributed by atoms with Gasteiger partial charge in [0.05, 0.1) is 31.1 Å². The molecule has 3 atom stereocenters. The van der Waals surface area contributed by atoms with Crippen LogP contribution in [0.5, 0.6) is 11.5 Å². The van der Waals surface area contributed by atoms with Crippen molar-refractivity contribution in [2.75, 3.05) is 38.6 Å². The van der Waals surface area contributed by atoms with Crippen molar-refractivity contribution in [1.29, 1.82) is 0 Å². The molecule has 41 heavy (non-hydrogen) atoms. The van der Waals surface area contributed by atoms with E-state index >= 15 is 0 Å². The molecular formula is C31H39N3O6S. The number of aliphatic hydroxyl groups excluding tert-OH is 1. The van der Waals surface area contributed by atoms with Gasteiger partial charge in [0, 0.05) is 36.8 Å². The maximum absolute atomic E-state index is 13.5. The van der Waals surface area contributed by atoms with Gasteiger partial charge in [-0.1, -0.05) is 37.3 Å². The van der Waals surface area contributed by atoms with Crippen molar-refractivity contribution in [2.24, 2.45) is 5.92 Å². The molecule has 1 aliphatic rings. The van der Waals surface area contributed by atoms with Crippen LogP contribution in [0, 0.1) is 5.92 Å². The first-order valence-electron chi connectivity index (χ1n) is 13.7. The first kappa shape index (κ1) is 30.4. The van der Waals surface area contributed by atoms with E-state index in [1.807, 2.05) is 39.1 Å². The molecule has 2 N–H and O–H groups in total. The summed E-state index contributed by atoms with van der Waals surface area (Å²) in [5, 5.41) is 9.89. The minimum Gasteiger partial charge on any atom is -0.497 e. The first-order valence-corrected chi connectivity index (χ1v) is 15.2. The van der Waals surface area contributed by atoms with Crippen LogP contribution in [-0.4, -0.2) is 75.2 Å². The highest BCUT2D eigenvalue weighted by Gasteiger charge is 2.31. The monoisotopic (exact) mass is 581 g/mol. The van der Waals surface area contributed by atoms with E-state index in [0.717, 1.165) is 6.54 Å². The molecule has 0 saturated carbocycles. The summed E-state index contributed by atoms with van der Waals surface area (Å²) in [5.74, 6) is 0.896. The van der Waals surface area contributed by atoms with Crippen molar-refractivity contribution in [2.45, 2.75) is 43.9 Å². The highest BCUT2D eigenvalue weighted by atomic mass is 32.2. The molecule has 0 bridgehead atoms. The van der Waals surface area contributed by atoms with Gasteiger partial charge in [-0.25, -0.2) is 8.42 Å². The molecule has 0 aromatic heterocycles. The molecule has 3 aromatic carbocycles. The molecule has 220 valence electrons. The van der Waals surface area contributed by atoms with Crippen molar-refractivity contribution in [1.82, 2.24) is 9.80 Å². The third-order valence-electron chi connectivity index (χ3n) is 7.33. The number of hydrogen-bond acceptors (Lipinski definition) is 7. The van der Waals surface area contributed by atoms with Crippen LogP contribution in [0.1, 0.15) is 25.0 Å². The van der Waals surface area contributed by atoms with Gasteiger partial charge in [-0.2, -0.15) is 0 Å². The molecule has 1 aliphatic heterocycles. The number of fused-ring (bicyclic) bond motifs is 1. The van der Waals surface area contributed by atoms with Gasteiger partial charge in [0.1, 0.15) is 17.6 Å². The molecular weight excluding hydrogens is 542 g/mol. The number of likely N-dealkylation sites (N-methyl/N-ethyl adjacent to an activating group) is 1. The van der Waals surface area contributed by atoms with Gasteiger partial charge < -0.3 is 19.5 Å². The minimum absolute atomic E-state index is 0.0110. The Kier molecular flexibility index (Phi) is 9.90. The largest absolute Gasteiger partial charge is 0.497 e. The normalized spacial score (nSPS) is 18.5. The first-order chi connectivity index (χ1) is 19.6. The minimum atomic E-state index is -3.88. The van der Waals surface area contributed by atoms with E-state index in [1.165, 1.54) is 24.8 Å². The molecule has 0 spiro atoms. The molecule has 0 fully saturated rings. The van der Waals surface area contributed by atoms with Crippen LogP contribution in [0.15, 0.2) is 77.7 Å². The van der Waals surface area contributed by atoms with Gasteiger partial charge in [-0.05, 0) is 62.0 Å². The Morgan fingerprint density at radius 1 is 1.12 bits per heavy atom. The molecule has 1 amide bonds. The second kappa shape index (κ2) is 13.4. The van der Waals surface area contributed by atoms with E-state index in [2.05, 4.69) is 21.8 Å². The molecule has 3 aromatic rings. The SMILES string of the molecule is COc1ccc(S(=O)(=O)Nc2ccc3c(c2)CC(=O)N([C@H](C)CO)C[C@@H](C)[C@@H](CN(C)Cc2ccccc2)O3)cc1. The Balaban J connectivity index is 1.62. The summed E-state index contributed by atoms with van der Waals surface area (Å²) in [6.07, 6.45) is -0.250. The molecule has 10 heteroatoms. The summed E-state index contributed by atoms with van der Waals surface area (Å²) < 4.78 is 40.4. The Labute approximate surface area is 242 Å². The van der Waals surface area contributed by atoms with E-state index in [9.17, 15) is 18.3 Å². The summed E-state index contributed by atoms with van der Waals surface area (Å²) >= 11 is 0. The number of ether oxygens (including phenoxy) is 2. The Bertz CT molecular complexity index is 1420. The van der Waals surface area contributed by atoms with Crippen LogP contribution < -0.4 is 14.2 Å². The number of carbonyl (C=O) groups excluding carboxylic acids is 1. The number of methoxy groups -OCH3 is 1. The molecule has 0 unspecified atom stereocenters. The second-order valence-electron chi connectivity index (χ2n) is 10.7. The van der Waals surface area contributed by atoms with Gasteiger partial charge in [-0.15, -0.1) is 0 Å². The number of nitrogens with one attached hydrogen (secondary N) is 1. The highest BCUT2D eigenvalue weighted by molar-refractivity contribution is 7.92. The average Bonchev–Trinajstić information content (AvgIpc) is 3.00. The van der Waals surface area contributed by atoms with Gasteiger partial charge in [0.2, 0.25) is 5.91 Å². The van der Waals surface area contributed by atoms with Crippen molar-refractivity contribution < 1.29 is 27.8 Å². The van der Waals surface area contributed by atoms with Gasteiger partial charge in [0.25, 0.3) is 10.0 Å². The van der Waals surface area contributed by atoms with E-state index in [0.29, 0.717) is 35.8 Å². The van der Waals surface area contributed by atoms with Gasteiger partial charge >= 0.3 is 0 Å². The summed E-state index contributed by atoms with van der Waals surface area (Å²) in [4.78, 5) is 17.4. The molecule has 4 rings (SSSR count). The third-order valence-corrected chi connectivity index (χ3v) is 8.72. The lowest BCUT2D eigenvalue weighted by molar-refractivity contribution is -0.134. The molecule has 0 radical (unpaired) electrons. The van der Waals surface area contributed by atoms with Crippen molar-refractivity contribution in [3.05, 3.63) is 83.9 Å². The smallest absolute Gasteiger partial charge is 0.261 e. The Hall–Kier alpha value is -3.60. The fourth-order valence-electron chi connectivity index (χ4n) is 4.95. The summed E-state index contributed by atoms with van der Waals surface area (Å²) in [6, 6.07) is 20.9. The van der Waals surface area contributed by atoms with Crippen LogP contribution in [0.25, 0.3) is 0 Å². The fourth-order valence-corrected chi connectivity index (χ4v) is 6.00. The number of nitrogens with zero attached hydrogens (tertiary/aromatic N) is 2. The average molecular weight is 582 g/mol. The molecule has 9 nitrogen and oxygen atoms in total. The van der Waals surface area contributed by atoms with E-state index < -0.39 is 10.0 Å². The number of hydrogen-bond donors (Lipinski definition) is 2. The molecule has 1 heterocycles. The van der Waals surface area contributed by atoms with Crippen LogP contribution in [0.2, 0.25) is 0 Å². The number of anilines is 1. The van der Waals surface area contributed by atoms with Crippen LogP contribution >= 0.6 is 0 Å². The second-order valence-corrected chi connectivity index (χ2v) is 12.4. The maximum atomic E-state index is 13.5. The molecule has 0 saturated heterocycles. The van der Waals surface area contributed by atoms with Crippen LogP contribution in [0.3, 0.4) is 0 Å². The van der Waals surface area contributed by atoms with Crippen molar-refractivity contribution >= 4 is 21.6 Å². The topological polar surface area (TPSA) is 108 Å². The van der Waals surface area contributed by atoms with Crippen molar-refractivity contribution in [3.8, 4) is 11.5 Å². The zero-order valence-electron chi connectivity index (χ0n) is 24.0. The number of amides is 1. The van der Waals surface area contributed by atoms with Gasteiger partial charge in [-0.3, -0.25) is 14.4 Å². The molecule has 0 aliphatic carbocycles. The predicted molar refractivity (Wildman–Crippen MR) is 159 cm³/mol. The van der Waals surface area contributed by atoms with Gasteiger partial charge in [0.15, 0.2) is 0 Å². The van der Waals surface area contributed by atoms with E-state index in [4.69, 9.17) is 9.47 Å².